The molecule has 0 saturated carbocycles. The Balaban J connectivity index is 1.11. The molecule has 2 heterocycles. The second-order valence-corrected chi connectivity index (χ2v) is 16.3. The summed E-state index contributed by atoms with van der Waals surface area (Å²) in [6.45, 7) is 0. The van der Waals surface area contributed by atoms with Gasteiger partial charge >= 0.3 is 0 Å². The molecule has 0 bridgehead atoms. The van der Waals surface area contributed by atoms with Crippen LogP contribution >= 0.6 is 11.3 Å². The van der Waals surface area contributed by atoms with Crippen molar-refractivity contribution in [1.82, 2.24) is 4.57 Å². The van der Waals surface area contributed by atoms with Crippen molar-refractivity contribution in [3.63, 3.8) is 0 Å². The van der Waals surface area contributed by atoms with E-state index in [1.165, 1.54) is 85.8 Å². The lowest BCUT2D eigenvalue weighted by Gasteiger charge is -2.27. The number of anilines is 3. The van der Waals surface area contributed by atoms with Crippen molar-refractivity contribution in [3.8, 4) is 27.9 Å². The summed E-state index contributed by atoms with van der Waals surface area (Å²) in [5.74, 6) is 0. The zero-order valence-electron chi connectivity index (χ0n) is 32.1. The van der Waals surface area contributed by atoms with Gasteiger partial charge in [0, 0.05) is 48.0 Å². The number of aromatic nitrogens is 1. The van der Waals surface area contributed by atoms with Crippen LogP contribution in [-0.4, -0.2) is 4.57 Å². The van der Waals surface area contributed by atoms with Crippen LogP contribution in [0.2, 0.25) is 0 Å². The molecule has 0 aliphatic heterocycles. The van der Waals surface area contributed by atoms with Gasteiger partial charge in [0.25, 0.3) is 0 Å². The number of benzene rings is 10. The van der Waals surface area contributed by atoms with Gasteiger partial charge in [-0.3, -0.25) is 0 Å². The van der Waals surface area contributed by atoms with E-state index < -0.39 is 0 Å². The van der Waals surface area contributed by atoms with E-state index in [4.69, 9.17) is 0 Å². The number of fused-ring (bicyclic) bond motifs is 9. The van der Waals surface area contributed by atoms with Crippen molar-refractivity contribution in [2.24, 2.45) is 0 Å². The van der Waals surface area contributed by atoms with Crippen molar-refractivity contribution in [3.05, 3.63) is 218 Å². The lowest BCUT2D eigenvalue weighted by atomic mass is 9.91. The van der Waals surface area contributed by atoms with Gasteiger partial charge in [0.15, 0.2) is 0 Å². The average Bonchev–Trinajstić information content (AvgIpc) is 3.86. The molecule has 2 aromatic heterocycles. The highest BCUT2D eigenvalue weighted by Gasteiger charge is 2.23. The average molecular weight is 769 g/mol. The maximum atomic E-state index is 2.47. The van der Waals surface area contributed by atoms with Crippen LogP contribution in [0, 0.1) is 0 Å². The topological polar surface area (TPSA) is 8.17 Å². The molecule has 0 amide bonds. The van der Waals surface area contributed by atoms with Gasteiger partial charge in [-0.25, -0.2) is 0 Å². The van der Waals surface area contributed by atoms with Crippen molar-refractivity contribution < 1.29 is 0 Å². The maximum Gasteiger partial charge on any atom is 0.0782 e. The molecule has 0 unspecified atom stereocenters. The quantitative estimate of drug-likeness (QED) is 0.164. The Bertz CT molecular complexity index is 3540. The third-order valence-electron chi connectivity index (χ3n) is 12.0. The molecule has 0 aliphatic carbocycles. The lowest BCUT2D eigenvalue weighted by molar-refractivity contribution is 1.17. The summed E-state index contributed by atoms with van der Waals surface area (Å²) in [5, 5.41) is 10.1. The number of thiophene rings is 1. The lowest BCUT2D eigenvalue weighted by Crippen LogP contribution is -2.11. The molecule has 0 atom stereocenters. The summed E-state index contributed by atoms with van der Waals surface area (Å²) in [6.07, 6.45) is 0. The first kappa shape index (κ1) is 33.7. The Kier molecular flexibility index (Phi) is 7.75. The highest BCUT2D eigenvalue weighted by atomic mass is 32.1. The molecule has 276 valence electrons. The van der Waals surface area contributed by atoms with Crippen LogP contribution in [0.3, 0.4) is 0 Å². The number of hydrogen-bond acceptors (Lipinski definition) is 2. The monoisotopic (exact) mass is 768 g/mol. The van der Waals surface area contributed by atoms with Crippen LogP contribution in [-0.2, 0) is 0 Å². The minimum atomic E-state index is 1.10. The largest absolute Gasteiger partial charge is 0.308 e. The maximum absolute atomic E-state index is 2.47. The third-order valence-corrected chi connectivity index (χ3v) is 13.1. The van der Waals surface area contributed by atoms with Crippen LogP contribution in [0.25, 0.3) is 91.5 Å². The number of para-hydroxylation sites is 3. The van der Waals surface area contributed by atoms with Gasteiger partial charge in [0.05, 0.1) is 16.7 Å². The van der Waals surface area contributed by atoms with Crippen LogP contribution in [0.1, 0.15) is 0 Å². The minimum Gasteiger partial charge on any atom is -0.308 e. The van der Waals surface area contributed by atoms with E-state index in [9.17, 15) is 0 Å². The zero-order valence-corrected chi connectivity index (χ0v) is 32.9. The van der Waals surface area contributed by atoms with Crippen LogP contribution < -0.4 is 4.90 Å². The number of hydrogen-bond donors (Lipinski definition) is 0. The van der Waals surface area contributed by atoms with Crippen LogP contribution in [0.4, 0.5) is 17.1 Å². The Morgan fingerprint density at radius 1 is 0.373 bits per heavy atom. The molecule has 0 saturated heterocycles. The van der Waals surface area contributed by atoms with Gasteiger partial charge in [-0.15, -0.1) is 11.3 Å². The van der Waals surface area contributed by atoms with E-state index in [1.807, 2.05) is 11.3 Å². The number of rotatable bonds is 6. The second kappa shape index (κ2) is 13.6. The predicted molar refractivity (Wildman–Crippen MR) is 254 cm³/mol. The van der Waals surface area contributed by atoms with E-state index in [0.717, 1.165) is 22.7 Å². The molecular formula is C56H36N2S. The first-order valence-electron chi connectivity index (χ1n) is 20.2. The molecule has 0 radical (unpaired) electrons. The first-order valence-corrected chi connectivity index (χ1v) is 21.0. The van der Waals surface area contributed by atoms with Crippen molar-refractivity contribution >= 4 is 91.9 Å². The standard InChI is InChI=1S/C56H36N2S/c1-3-14-37(15-4-1)44-23-11-17-40-18-12-24-45(54(40)44)39-28-31-42(32-29-39)57(43-33-35-52-49(36-43)55-46-21-8-7-16-38(46)30-34-53(55)59-52)51-27-13-25-48-47-22-9-10-26-50(47)58(56(48)51)41-19-5-2-6-20-41/h1-36H. The molecule has 0 spiro atoms. The molecule has 0 fully saturated rings. The summed E-state index contributed by atoms with van der Waals surface area (Å²) < 4.78 is 5.04. The Hall–Kier alpha value is -7.46. The molecule has 59 heavy (non-hydrogen) atoms. The summed E-state index contributed by atoms with van der Waals surface area (Å²) >= 11 is 1.87. The van der Waals surface area contributed by atoms with Gasteiger partial charge in [0.1, 0.15) is 0 Å². The van der Waals surface area contributed by atoms with Gasteiger partial charge < -0.3 is 9.47 Å². The van der Waals surface area contributed by atoms with Gasteiger partial charge in [-0.05, 0) is 104 Å². The van der Waals surface area contributed by atoms with E-state index in [1.54, 1.807) is 0 Å². The zero-order chi connectivity index (χ0) is 38.9. The molecule has 12 rings (SSSR count). The molecule has 0 N–H and O–H groups in total. The molecule has 3 heteroatoms. The van der Waals surface area contributed by atoms with Crippen molar-refractivity contribution in [2.45, 2.75) is 0 Å². The van der Waals surface area contributed by atoms with E-state index in [0.29, 0.717) is 0 Å². The van der Waals surface area contributed by atoms with Crippen molar-refractivity contribution in [1.29, 1.82) is 0 Å². The predicted octanol–water partition coefficient (Wildman–Crippen LogP) is 16.3. The van der Waals surface area contributed by atoms with Crippen LogP contribution in [0.15, 0.2) is 218 Å². The van der Waals surface area contributed by atoms with E-state index in [2.05, 4.69) is 228 Å². The van der Waals surface area contributed by atoms with Gasteiger partial charge in [0.2, 0.25) is 0 Å². The van der Waals surface area contributed by atoms with Gasteiger partial charge in [-0.2, -0.15) is 0 Å². The van der Waals surface area contributed by atoms with Gasteiger partial charge in [-0.1, -0.05) is 158 Å². The van der Waals surface area contributed by atoms with E-state index in [-0.39, 0.29) is 0 Å². The fourth-order valence-corrected chi connectivity index (χ4v) is 10.5. The molecule has 0 aliphatic rings. The third kappa shape index (κ3) is 5.40. The SMILES string of the molecule is c1ccc(-c2cccc3cccc(-c4ccc(N(c5ccc6sc7ccc8ccccc8c7c6c5)c5cccc6c7ccccc7n(-c7ccccc7)c56)cc4)c23)cc1. The summed E-state index contributed by atoms with van der Waals surface area (Å²) in [6, 6.07) is 80.0. The molecular weight excluding hydrogens is 733 g/mol. The minimum absolute atomic E-state index is 1.10. The highest BCUT2D eigenvalue weighted by Crippen LogP contribution is 2.47. The van der Waals surface area contributed by atoms with Crippen molar-refractivity contribution in [2.75, 3.05) is 4.90 Å². The normalized spacial score (nSPS) is 11.7. The summed E-state index contributed by atoms with van der Waals surface area (Å²) in [5.41, 5.74) is 11.7. The Labute approximate surface area is 346 Å². The second-order valence-electron chi connectivity index (χ2n) is 15.3. The fraction of sp³-hybridized carbons (Fsp3) is 0. The first-order chi connectivity index (χ1) is 29.3. The molecule has 2 nitrogen and oxygen atoms in total. The smallest absolute Gasteiger partial charge is 0.0782 e. The van der Waals surface area contributed by atoms with Crippen LogP contribution in [0.5, 0.6) is 0 Å². The Morgan fingerprint density at radius 2 is 0.983 bits per heavy atom. The molecule has 10 aromatic carbocycles. The number of nitrogens with zero attached hydrogens (tertiary/aromatic N) is 2. The fourth-order valence-electron chi connectivity index (χ4n) is 9.36. The Morgan fingerprint density at radius 3 is 1.78 bits per heavy atom. The molecule has 12 aromatic rings. The highest BCUT2D eigenvalue weighted by molar-refractivity contribution is 7.26. The van der Waals surface area contributed by atoms with E-state index >= 15 is 0 Å². The summed E-state index contributed by atoms with van der Waals surface area (Å²) in [7, 11) is 0. The summed E-state index contributed by atoms with van der Waals surface area (Å²) in [4.78, 5) is 2.47.